The lowest BCUT2D eigenvalue weighted by Crippen LogP contribution is -2.31. The van der Waals surface area contributed by atoms with Crippen LogP contribution in [0.5, 0.6) is 0 Å². The summed E-state index contributed by atoms with van der Waals surface area (Å²) in [6.45, 7) is 3.34. The average Bonchev–Trinajstić information content (AvgIpc) is 2.25. The molecule has 0 amide bonds. The van der Waals surface area contributed by atoms with Crippen molar-refractivity contribution in [3.8, 4) is 0 Å². The third-order valence-electron chi connectivity index (χ3n) is 2.61. The van der Waals surface area contributed by atoms with Crippen LogP contribution in [0.15, 0.2) is 0 Å². The Labute approximate surface area is 105 Å². The predicted octanol–water partition coefficient (Wildman–Crippen LogP) is 0.738. The summed E-state index contributed by atoms with van der Waals surface area (Å²) in [5, 5.41) is 7.55. The first-order valence-electron chi connectivity index (χ1n) is 5.61. The summed E-state index contributed by atoms with van der Waals surface area (Å²) < 4.78 is 0. The number of nitrogens with zero attached hydrogens (tertiary/aromatic N) is 1. The first-order valence-corrected chi connectivity index (χ1v) is 8.11. The topological polar surface area (TPSA) is 104 Å². The van der Waals surface area contributed by atoms with Gasteiger partial charge < -0.3 is 29.6 Å². The van der Waals surface area contributed by atoms with Gasteiger partial charge in [0.1, 0.15) is 0 Å². The minimum Gasteiger partial charge on any atom is -0.372 e. The molecular weight excluding hydrogens is 264 g/mol. The van der Waals surface area contributed by atoms with Crippen molar-refractivity contribution < 1.29 is 24.7 Å². The summed E-state index contributed by atoms with van der Waals surface area (Å²) in [4.78, 5) is 38.0. The standard InChI is InChI=1S/C9H23NO5P2/c1-3-4-5-7-10(2)8-6-9(11,16(12)13)17(14)15/h11-15H,3-8H2,1-2H3. The highest BCUT2D eigenvalue weighted by atomic mass is 31.2. The van der Waals surface area contributed by atoms with E-state index in [-0.39, 0.29) is 6.42 Å². The molecule has 6 nitrogen and oxygen atoms in total. The summed E-state index contributed by atoms with van der Waals surface area (Å²) in [6, 6.07) is 0. The molecule has 0 aliphatic carbocycles. The summed E-state index contributed by atoms with van der Waals surface area (Å²) in [7, 11) is -3.70. The molecule has 104 valence electrons. The van der Waals surface area contributed by atoms with Crippen molar-refractivity contribution in [3.63, 3.8) is 0 Å². The largest absolute Gasteiger partial charge is 0.372 e. The molecule has 0 unspecified atom stereocenters. The van der Waals surface area contributed by atoms with E-state index in [0.717, 1.165) is 25.8 Å². The fraction of sp³-hybridized carbons (Fsp3) is 1.00. The van der Waals surface area contributed by atoms with E-state index in [0.29, 0.717) is 6.54 Å². The highest BCUT2D eigenvalue weighted by Gasteiger charge is 2.43. The highest BCUT2D eigenvalue weighted by molar-refractivity contribution is 7.65. The maximum atomic E-state index is 9.72. The van der Waals surface area contributed by atoms with Gasteiger partial charge >= 0.3 is 0 Å². The van der Waals surface area contributed by atoms with Crippen LogP contribution in [0, 0.1) is 0 Å². The van der Waals surface area contributed by atoms with Crippen molar-refractivity contribution in [3.05, 3.63) is 0 Å². The maximum Gasteiger partial charge on any atom is 0.209 e. The monoisotopic (exact) mass is 287 g/mol. The minimum atomic E-state index is -2.77. The van der Waals surface area contributed by atoms with Crippen LogP contribution in [0.3, 0.4) is 0 Å². The fourth-order valence-electron chi connectivity index (χ4n) is 1.36. The Bertz CT molecular complexity index is 198. The Hall–Kier alpha value is 0.620. The molecule has 8 heteroatoms. The summed E-state index contributed by atoms with van der Waals surface area (Å²) in [5.41, 5.74) is 0. The van der Waals surface area contributed by atoms with Crippen LogP contribution in [0.25, 0.3) is 0 Å². The molecule has 0 radical (unpaired) electrons. The Balaban J connectivity index is 4.05. The lowest BCUT2D eigenvalue weighted by molar-refractivity contribution is 0.142. The van der Waals surface area contributed by atoms with Gasteiger partial charge in [0.05, 0.1) is 0 Å². The molecule has 17 heavy (non-hydrogen) atoms. The van der Waals surface area contributed by atoms with Crippen molar-refractivity contribution in [1.29, 1.82) is 0 Å². The van der Waals surface area contributed by atoms with Gasteiger partial charge in [0.2, 0.25) is 21.8 Å². The van der Waals surface area contributed by atoms with Crippen molar-refractivity contribution in [2.24, 2.45) is 0 Å². The molecule has 0 saturated heterocycles. The van der Waals surface area contributed by atoms with E-state index in [1.807, 2.05) is 11.9 Å². The third kappa shape index (κ3) is 6.37. The van der Waals surface area contributed by atoms with E-state index >= 15 is 0 Å². The molecule has 0 saturated carbocycles. The van der Waals surface area contributed by atoms with E-state index in [2.05, 4.69) is 6.92 Å². The maximum absolute atomic E-state index is 9.72. The van der Waals surface area contributed by atoms with Crippen LogP contribution in [0.4, 0.5) is 0 Å². The van der Waals surface area contributed by atoms with Crippen molar-refractivity contribution in [1.82, 2.24) is 4.90 Å². The molecule has 0 fully saturated rings. The number of unbranched alkanes of at least 4 members (excludes halogenated alkanes) is 2. The van der Waals surface area contributed by atoms with Crippen LogP contribution in [-0.4, -0.2) is 54.8 Å². The molecule has 0 aromatic rings. The van der Waals surface area contributed by atoms with Gasteiger partial charge in [-0.25, -0.2) is 0 Å². The number of hydrogen-bond donors (Lipinski definition) is 5. The van der Waals surface area contributed by atoms with Gasteiger partial charge in [0.15, 0.2) is 0 Å². The lowest BCUT2D eigenvalue weighted by atomic mass is 10.2. The molecule has 0 spiro atoms. The van der Waals surface area contributed by atoms with Gasteiger partial charge in [-0.05, 0) is 20.0 Å². The van der Waals surface area contributed by atoms with Gasteiger partial charge in [-0.3, -0.25) is 0 Å². The molecule has 0 heterocycles. The molecule has 0 aromatic heterocycles. The highest BCUT2D eigenvalue weighted by Crippen LogP contribution is 2.59. The Morgan fingerprint density at radius 3 is 1.94 bits per heavy atom. The number of hydrogen-bond acceptors (Lipinski definition) is 6. The molecule has 0 atom stereocenters. The molecule has 0 bridgehead atoms. The fourth-order valence-corrected chi connectivity index (χ4v) is 2.60. The van der Waals surface area contributed by atoms with Crippen molar-refractivity contribution in [2.75, 3.05) is 20.1 Å². The second kappa shape index (κ2) is 8.68. The number of aliphatic hydroxyl groups is 1. The van der Waals surface area contributed by atoms with E-state index in [4.69, 9.17) is 19.6 Å². The van der Waals surface area contributed by atoms with Gasteiger partial charge in [-0.1, -0.05) is 19.8 Å². The first-order chi connectivity index (χ1) is 7.84. The van der Waals surface area contributed by atoms with E-state index in [1.54, 1.807) is 0 Å². The van der Waals surface area contributed by atoms with E-state index in [9.17, 15) is 5.11 Å². The molecular formula is C9H23NO5P2. The molecule has 0 aromatic carbocycles. The second-order valence-corrected chi connectivity index (χ2v) is 7.10. The first kappa shape index (κ1) is 17.6. The van der Waals surface area contributed by atoms with Crippen LogP contribution in [-0.2, 0) is 0 Å². The quantitative estimate of drug-likeness (QED) is 0.316. The second-order valence-electron chi connectivity index (χ2n) is 4.11. The zero-order chi connectivity index (χ0) is 13.5. The van der Waals surface area contributed by atoms with E-state index < -0.39 is 21.8 Å². The lowest BCUT2D eigenvalue weighted by Gasteiger charge is -2.30. The van der Waals surface area contributed by atoms with Gasteiger partial charge in [0.25, 0.3) is 0 Å². The Morgan fingerprint density at radius 2 is 1.53 bits per heavy atom. The summed E-state index contributed by atoms with van der Waals surface area (Å²) in [6.07, 6.45) is 3.21. The van der Waals surface area contributed by atoms with Gasteiger partial charge in [0, 0.05) is 13.0 Å². The Kier molecular flexibility index (Phi) is 8.99. The zero-order valence-corrected chi connectivity index (χ0v) is 12.1. The normalized spacial score (nSPS) is 13.1. The SMILES string of the molecule is CCCCCN(C)CCC(O)(P(O)O)P(O)O. The zero-order valence-electron chi connectivity index (χ0n) is 10.3. The van der Waals surface area contributed by atoms with Crippen LogP contribution >= 0.6 is 16.8 Å². The van der Waals surface area contributed by atoms with Gasteiger partial charge in [-0.15, -0.1) is 0 Å². The smallest absolute Gasteiger partial charge is 0.209 e. The van der Waals surface area contributed by atoms with Crippen LogP contribution in [0.1, 0.15) is 32.6 Å². The number of rotatable bonds is 9. The van der Waals surface area contributed by atoms with E-state index in [1.165, 1.54) is 0 Å². The predicted molar refractivity (Wildman–Crippen MR) is 69.3 cm³/mol. The summed E-state index contributed by atoms with van der Waals surface area (Å²) >= 11 is 0. The Morgan fingerprint density at radius 1 is 1.00 bits per heavy atom. The molecule has 0 aliphatic rings. The van der Waals surface area contributed by atoms with Crippen LogP contribution < -0.4 is 0 Å². The molecule has 0 aliphatic heterocycles. The summed E-state index contributed by atoms with van der Waals surface area (Å²) in [5.74, 6) is 0. The van der Waals surface area contributed by atoms with Crippen LogP contribution in [0.2, 0.25) is 0 Å². The van der Waals surface area contributed by atoms with Gasteiger partial charge in [-0.2, -0.15) is 0 Å². The minimum absolute atomic E-state index is 0.0625. The average molecular weight is 287 g/mol. The molecule has 0 rings (SSSR count). The molecule has 5 N–H and O–H groups in total. The van der Waals surface area contributed by atoms with Crippen molar-refractivity contribution >= 4 is 16.8 Å². The van der Waals surface area contributed by atoms with Crippen molar-refractivity contribution in [2.45, 2.75) is 37.7 Å². The third-order valence-corrected chi connectivity index (χ3v) is 5.41.